The lowest BCUT2D eigenvalue weighted by atomic mass is 10.0. The Morgan fingerprint density at radius 1 is 1.35 bits per heavy atom. The van der Waals surface area contributed by atoms with Crippen molar-refractivity contribution in [3.05, 3.63) is 29.8 Å². The molecule has 0 aromatic heterocycles. The van der Waals surface area contributed by atoms with Crippen molar-refractivity contribution in [1.29, 1.82) is 0 Å². The molecular formula is C17H25NO2. The molecular weight excluding hydrogens is 250 g/mol. The summed E-state index contributed by atoms with van der Waals surface area (Å²) in [6, 6.07) is 8.23. The van der Waals surface area contributed by atoms with Crippen LogP contribution in [0, 0.1) is 6.92 Å². The van der Waals surface area contributed by atoms with Crippen LogP contribution in [0.3, 0.4) is 0 Å². The molecule has 0 aliphatic carbocycles. The first-order valence-corrected chi connectivity index (χ1v) is 7.59. The summed E-state index contributed by atoms with van der Waals surface area (Å²) in [5.41, 5.74) is 2.16. The predicted octanol–water partition coefficient (Wildman–Crippen LogP) is 3.70. The molecule has 0 bridgehead atoms. The molecule has 0 saturated carbocycles. The van der Waals surface area contributed by atoms with E-state index in [1.54, 1.807) is 0 Å². The summed E-state index contributed by atoms with van der Waals surface area (Å²) >= 11 is 0. The Kier molecular flexibility index (Phi) is 5.18. The third kappa shape index (κ3) is 3.60. The second-order valence-corrected chi connectivity index (χ2v) is 5.84. The highest BCUT2D eigenvalue weighted by atomic mass is 16.5. The van der Waals surface area contributed by atoms with E-state index in [2.05, 4.69) is 26.8 Å². The van der Waals surface area contributed by atoms with E-state index in [1.165, 1.54) is 6.42 Å². The van der Waals surface area contributed by atoms with E-state index < -0.39 is 0 Å². The average Bonchev–Trinajstić information content (AvgIpc) is 2.42. The van der Waals surface area contributed by atoms with E-state index in [0.29, 0.717) is 6.42 Å². The Labute approximate surface area is 121 Å². The molecule has 1 aliphatic heterocycles. The molecule has 2 rings (SSSR count). The van der Waals surface area contributed by atoms with Crippen molar-refractivity contribution in [2.24, 2.45) is 0 Å². The number of benzene rings is 1. The van der Waals surface area contributed by atoms with Crippen LogP contribution < -0.4 is 4.90 Å². The fourth-order valence-electron chi connectivity index (χ4n) is 2.80. The van der Waals surface area contributed by atoms with Gasteiger partial charge in [-0.1, -0.05) is 18.2 Å². The Morgan fingerprint density at radius 2 is 2.10 bits per heavy atom. The number of hydrogen-bond acceptors (Lipinski definition) is 2. The summed E-state index contributed by atoms with van der Waals surface area (Å²) in [7, 11) is 0. The minimum atomic E-state index is 0.0986. The van der Waals surface area contributed by atoms with Crippen LogP contribution in [0.15, 0.2) is 24.3 Å². The second kappa shape index (κ2) is 6.89. The van der Waals surface area contributed by atoms with Crippen molar-refractivity contribution in [1.82, 2.24) is 0 Å². The van der Waals surface area contributed by atoms with Gasteiger partial charge in [0.15, 0.2) is 0 Å². The van der Waals surface area contributed by atoms with Crippen LogP contribution in [-0.4, -0.2) is 24.7 Å². The van der Waals surface area contributed by atoms with Crippen LogP contribution in [0.4, 0.5) is 5.69 Å². The van der Waals surface area contributed by atoms with E-state index in [1.807, 2.05) is 23.1 Å². The summed E-state index contributed by atoms with van der Waals surface area (Å²) < 4.78 is 5.70. The zero-order valence-electron chi connectivity index (χ0n) is 12.8. The molecule has 0 radical (unpaired) electrons. The van der Waals surface area contributed by atoms with E-state index in [-0.39, 0.29) is 18.1 Å². The quantitative estimate of drug-likeness (QED) is 0.838. The monoisotopic (exact) mass is 275 g/mol. The number of rotatable bonds is 4. The number of ether oxygens (including phenoxy) is 1. The third-order valence-corrected chi connectivity index (χ3v) is 3.84. The van der Waals surface area contributed by atoms with E-state index in [9.17, 15) is 4.79 Å². The highest BCUT2D eigenvalue weighted by Gasteiger charge is 2.25. The standard InChI is InChI=1S/C17H25NO2/c1-13(2)18(16-10-5-4-8-14(16)3)17(19)12-15-9-6-7-11-20-15/h4-5,8,10,13,15H,6-7,9,11-12H2,1-3H3. The molecule has 20 heavy (non-hydrogen) atoms. The number of para-hydroxylation sites is 1. The first kappa shape index (κ1) is 15.0. The molecule has 0 N–H and O–H groups in total. The Morgan fingerprint density at radius 3 is 2.70 bits per heavy atom. The summed E-state index contributed by atoms with van der Waals surface area (Å²) in [6.07, 6.45) is 3.89. The number of anilines is 1. The van der Waals surface area contributed by atoms with Gasteiger partial charge in [-0.3, -0.25) is 4.79 Å². The molecule has 1 aromatic rings. The van der Waals surface area contributed by atoms with Gasteiger partial charge in [-0.25, -0.2) is 0 Å². The number of hydrogen-bond donors (Lipinski definition) is 0. The van der Waals surface area contributed by atoms with Gasteiger partial charge in [-0.15, -0.1) is 0 Å². The van der Waals surface area contributed by atoms with Crippen molar-refractivity contribution in [3.8, 4) is 0 Å². The minimum absolute atomic E-state index is 0.0986. The van der Waals surface area contributed by atoms with Crippen molar-refractivity contribution in [3.63, 3.8) is 0 Å². The lowest BCUT2D eigenvalue weighted by molar-refractivity contribution is -0.122. The second-order valence-electron chi connectivity index (χ2n) is 5.84. The van der Waals surface area contributed by atoms with Gasteiger partial charge in [0.25, 0.3) is 0 Å². The zero-order chi connectivity index (χ0) is 14.5. The number of nitrogens with zero attached hydrogens (tertiary/aromatic N) is 1. The van der Waals surface area contributed by atoms with Crippen LogP contribution in [0.25, 0.3) is 0 Å². The number of aryl methyl sites for hydroxylation is 1. The molecule has 3 nitrogen and oxygen atoms in total. The SMILES string of the molecule is Cc1ccccc1N(C(=O)CC1CCCCO1)C(C)C. The van der Waals surface area contributed by atoms with Crippen molar-refractivity contribution in [2.75, 3.05) is 11.5 Å². The van der Waals surface area contributed by atoms with Gasteiger partial charge in [0.2, 0.25) is 5.91 Å². The Balaban J connectivity index is 2.12. The number of amides is 1. The normalized spacial score (nSPS) is 19.1. The Hall–Kier alpha value is -1.35. The van der Waals surface area contributed by atoms with Gasteiger partial charge in [0.05, 0.1) is 12.5 Å². The van der Waals surface area contributed by atoms with Gasteiger partial charge in [-0.05, 0) is 51.7 Å². The molecule has 110 valence electrons. The number of carbonyl (C=O) groups excluding carboxylic acids is 1. The topological polar surface area (TPSA) is 29.5 Å². The molecule has 0 spiro atoms. The molecule has 1 amide bonds. The van der Waals surface area contributed by atoms with E-state index in [0.717, 1.165) is 30.7 Å². The molecule has 1 aromatic carbocycles. The van der Waals surface area contributed by atoms with Gasteiger partial charge in [-0.2, -0.15) is 0 Å². The van der Waals surface area contributed by atoms with Gasteiger partial charge < -0.3 is 9.64 Å². The van der Waals surface area contributed by atoms with E-state index >= 15 is 0 Å². The van der Waals surface area contributed by atoms with Gasteiger partial charge in [0, 0.05) is 18.3 Å². The lowest BCUT2D eigenvalue weighted by Crippen LogP contribution is -2.40. The third-order valence-electron chi connectivity index (χ3n) is 3.84. The van der Waals surface area contributed by atoms with Crippen LogP contribution in [0.1, 0.15) is 45.1 Å². The molecule has 1 fully saturated rings. The first-order chi connectivity index (χ1) is 9.59. The van der Waals surface area contributed by atoms with Crippen LogP contribution in [0.5, 0.6) is 0 Å². The first-order valence-electron chi connectivity index (χ1n) is 7.59. The summed E-state index contributed by atoms with van der Waals surface area (Å²) in [4.78, 5) is 14.6. The molecule has 3 heteroatoms. The maximum Gasteiger partial charge on any atom is 0.229 e. The Bertz CT molecular complexity index is 450. The summed E-state index contributed by atoms with van der Waals surface area (Å²) in [5.74, 6) is 0.168. The fourth-order valence-corrected chi connectivity index (χ4v) is 2.80. The lowest BCUT2D eigenvalue weighted by Gasteiger charge is -2.31. The largest absolute Gasteiger partial charge is 0.378 e. The molecule has 1 atom stereocenters. The molecule has 1 saturated heterocycles. The number of carbonyl (C=O) groups is 1. The summed E-state index contributed by atoms with van der Waals surface area (Å²) in [6.45, 7) is 6.97. The van der Waals surface area contributed by atoms with Crippen molar-refractivity contribution in [2.45, 2.75) is 58.6 Å². The van der Waals surface area contributed by atoms with Crippen LogP contribution in [0.2, 0.25) is 0 Å². The minimum Gasteiger partial charge on any atom is -0.378 e. The predicted molar refractivity (Wildman–Crippen MR) is 82.0 cm³/mol. The maximum atomic E-state index is 12.7. The smallest absolute Gasteiger partial charge is 0.229 e. The van der Waals surface area contributed by atoms with Gasteiger partial charge >= 0.3 is 0 Å². The van der Waals surface area contributed by atoms with Crippen molar-refractivity contribution < 1.29 is 9.53 Å². The maximum absolute atomic E-state index is 12.7. The zero-order valence-corrected chi connectivity index (χ0v) is 12.8. The van der Waals surface area contributed by atoms with E-state index in [4.69, 9.17) is 4.74 Å². The van der Waals surface area contributed by atoms with Crippen LogP contribution >= 0.6 is 0 Å². The summed E-state index contributed by atoms with van der Waals surface area (Å²) in [5, 5.41) is 0. The molecule has 1 unspecified atom stereocenters. The highest BCUT2D eigenvalue weighted by molar-refractivity contribution is 5.94. The fraction of sp³-hybridized carbons (Fsp3) is 0.588. The molecule has 1 aliphatic rings. The van der Waals surface area contributed by atoms with Crippen LogP contribution in [-0.2, 0) is 9.53 Å². The van der Waals surface area contributed by atoms with Crippen molar-refractivity contribution >= 4 is 11.6 Å². The average molecular weight is 275 g/mol. The highest BCUT2D eigenvalue weighted by Crippen LogP contribution is 2.24. The van der Waals surface area contributed by atoms with Gasteiger partial charge in [0.1, 0.15) is 0 Å². The molecule has 1 heterocycles.